The Balaban J connectivity index is 0.00000106. The Hall–Kier alpha value is -1.58. The van der Waals surface area contributed by atoms with Gasteiger partial charge in [-0.15, -0.1) is 0 Å². The molecule has 0 aromatic rings. The Morgan fingerprint density at radius 3 is 2.31 bits per heavy atom. The molecule has 0 radical (unpaired) electrons. The maximum absolute atomic E-state index is 10.8. The molecule has 4 nitrogen and oxygen atoms in total. The number of carboxylic acid groups (broad SMARTS) is 2. The van der Waals surface area contributed by atoms with Crippen LogP contribution < -0.4 is 0 Å². The van der Waals surface area contributed by atoms with Gasteiger partial charge in [0.2, 0.25) is 0 Å². The first-order valence-corrected chi connectivity index (χ1v) is 5.33. The first-order chi connectivity index (χ1) is 7.50. The van der Waals surface area contributed by atoms with Crippen molar-refractivity contribution in [2.45, 2.75) is 33.6 Å². The molecule has 2 N–H and O–H groups in total. The quantitative estimate of drug-likeness (QED) is 0.709. The molecule has 0 aliphatic heterocycles. The fourth-order valence-electron chi connectivity index (χ4n) is 1.41. The zero-order valence-corrected chi connectivity index (χ0v) is 9.86. The fourth-order valence-corrected chi connectivity index (χ4v) is 1.41. The molecular formula is C12H18O4. The lowest BCUT2D eigenvalue weighted by Crippen LogP contribution is -2.14. The van der Waals surface area contributed by atoms with E-state index >= 15 is 0 Å². The maximum Gasteiger partial charge on any atom is 0.331 e. The molecule has 0 heterocycles. The molecule has 1 unspecified atom stereocenters. The van der Waals surface area contributed by atoms with E-state index in [2.05, 4.69) is 0 Å². The summed E-state index contributed by atoms with van der Waals surface area (Å²) in [6, 6.07) is 0. The fraction of sp³-hybridized carbons (Fsp3) is 0.500. The standard InChI is InChI=1S/C10H12O4.C2H6/c1-6-2-3-7(9(11)12)5-8(4-6)10(13)14;1-2/h3-4,8H,2,5H2,1H3,(H,11,12)(H,13,14);1-2H3. The minimum absolute atomic E-state index is 0.0714. The van der Waals surface area contributed by atoms with Crippen LogP contribution >= 0.6 is 0 Å². The number of aliphatic carboxylic acids is 2. The SMILES string of the molecule is CC.CC1=CC(C(=O)O)CC(C(=O)O)=CC1. The molecule has 0 fully saturated rings. The first kappa shape index (κ1) is 14.4. The first-order valence-electron chi connectivity index (χ1n) is 5.33. The maximum atomic E-state index is 10.8. The van der Waals surface area contributed by atoms with Crippen LogP contribution in [0.3, 0.4) is 0 Å². The van der Waals surface area contributed by atoms with Crippen molar-refractivity contribution >= 4 is 11.9 Å². The third-order valence-corrected chi connectivity index (χ3v) is 2.19. The Kier molecular flexibility index (Phi) is 6.15. The Bertz CT molecular complexity index is 326. The van der Waals surface area contributed by atoms with Gasteiger partial charge in [-0.05, 0) is 19.8 Å². The Morgan fingerprint density at radius 2 is 1.88 bits per heavy atom. The second kappa shape index (κ2) is 6.82. The van der Waals surface area contributed by atoms with Gasteiger partial charge in [-0.3, -0.25) is 4.79 Å². The van der Waals surface area contributed by atoms with E-state index in [9.17, 15) is 9.59 Å². The van der Waals surface area contributed by atoms with Crippen molar-refractivity contribution in [3.8, 4) is 0 Å². The van der Waals surface area contributed by atoms with Gasteiger partial charge in [-0.1, -0.05) is 31.6 Å². The summed E-state index contributed by atoms with van der Waals surface area (Å²) >= 11 is 0. The van der Waals surface area contributed by atoms with E-state index < -0.39 is 17.9 Å². The van der Waals surface area contributed by atoms with Crippen LogP contribution in [0.2, 0.25) is 0 Å². The molecule has 0 saturated carbocycles. The molecule has 0 spiro atoms. The average molecular weight is 226 g/mol. The molecule has 1 aliphatic rings. The van der Waals surface area contributed by atoms with Gasteiger partial charge in [0.25, 0.3) is 0 Å². The molecule has 0 aromatic carbocycles. The molecule has 0 saturated heterocycles. The van der Waals surface area contributed by atoms with Gasteiger partial charge in [0.1, 0.15) is 0 Å². The van der Waals surface area contributed by atoms with Crippen molar-refractivity contribution in [2.75, 3.05) is 0 Å². The predicted octanol–water partition coefficient (Wildman–Crippen LogP) is 2.46. The van der Waals surface area contributed by atoms with Gasteiger partial charge in [0.15, 0.2) is 0 Å². The van der Waals surface area contributed by atoms with E-state index in [-0.39, 0.29) is 12.0 Å². The van der Waals surface area contributed by atoms with Gasteiger partial charge >= 0.3 is 11.9 Å². The van der Waals surface area contributed by atoms with Crippen LogP contribution in [-0.4, -0.2) is 22.2 Å². The molecule has 0 bridgehead atoms. The highest BCUT2D eigenvalue weighted by Gasteiger charge is 2.22. The van der Waals surface area contributed by atoms with E-state index in [1.807, 2.05) is 13.8 Å². The lowest BCUT2D eigenvalue weighted by atomic mass is 10.00. The third-order valence-electron chi connectivity index (χ3n) is 2.19. The topological polar surface area (TPSA) is 74.6 Å². The monoisotopic (exact) mass is 226 g/mol. The van der Waals surface area contributed by atoms with Gasteiger partial charge in [-0.2, -0.15) is 0 Å². The summed E-state index contributed by atoms with van der Waals surface area (Å²) in [5.74, 6) is -2.71. The van der Waals surface area contributed by atoms with E-state index in [1.165, 1.54) is 0 Å². The summed E-state index contributed by atoms with van der Waals surface area (Å²) in [7, 11) is 0. The second-order valence-corrected chi connectivity index (χ2v) is 3.40. The Morgan fingerprint density at radius 1 is 1.31 bits per heavy atom. The molecule has 1 aliphatic carbocycles. The third kappa shape index (κ3) is 4.29. The van der Waals surface area contributed by atoms with Crippen molar-refractivity contribution in [1.29, 1.82) is 0 Å². The van der Waals surface area contributed by atoms with Gasteiger partial charge in [0.05, 0.1) is 5.92 Å². The van der Waals surface area contributed by atoms with Crippen molar-refractivity contribution in [2.24, 2.45) is 5.92 Å². The van der Waals surface area contributed by atoms with Crippen molar-refractivity contribution in [3.05, 3.63) is 23.3 Å². The smallest absolute Gasteiger partial charge is 0.331 e. The number of hydrogen-bond donors (Lipinski definition) is 2. The van der Waals surface area contributed by atoms with Crippen LogP contribution in [0.5, 0.6) is 0 Å². The molecule has 1 rings (SSSR count). The zero-order valence-electron chi connectivity index (χ0n) is 9.86. The van der Waals surface area contributed by atoms with E-state index in [0.29, 0.717) is 6.42 Å². The van der Waals surface area contributed by atoms with E-state index in [0.717, 1.165) is 5.57 Å². The molecule has 16 heavy (non-hydrogen) atoms. The largest absolute Gasteiger partial charge is 0.481 e. The van der Waals surface area contributed by atoms with Gasteiger partial charge in [-0.25, -0.2) is 4.79 Å². The lowest BCUT2D eigenvalue weighted by molar-refractivity contribution is -0.140. The van der Waals surface area contributed by atoms with Crippen LogP contribution in [0, 0.1) is 5.92 Å². The highest BCUT2D eigenvalue weighted by Crippen LogP contribution is 2.22. The number of rotatable bonds is 2. The molecule has 4 heteroatoms. The van der Waals surface area contributed by atoms with Crippen LogP contribution in [0.15, 0.2) is 23.3 Å². The van der Waals surface area contributed by atoms with Crippen LogP contribution in [0.1, 0.15) is 33.6 Å². The highest BCUT2D eigenvalue weighted by atomic mass is 16.4. The molecule has 90 valence electrons. The normalized spacial score (nSPS) is 19.6. The number of carbonyl (C=O) groups is 2. The summed E-state index contributed by atoms with van der Waals surface area (Å²) in [5, 5.41) is 17.6. The summed E-state index contributed by atoms with van der Waals surface area (Å²) in [6.45, 7) is 5.80. The number of allylic oxidation sites excluding steroid dienone is 2. The van der Waals surface area contributed by atoms with Crippen molar-refractivity contribution in [1.82, 2.24) is 0 Å². The minimum Gasteiger partial charge on any atom is -0.481 e. The van der Waals surface area contributed by atoms with Crippen LogP contribution in [0.4, 0.5) is 0 Å². The average Bonchev–Trinajstić information content (AvgIpc) is 2.43. The van der Waals surface area contributed by atoms with Gasteiger partial charge < -0.3 is 10.2 Å². The van der Waals surface area contributed by atoms with Crippen molar-refractivity contribution in [3.63, 3.8) is 0 Å². The lowest BCUT2D eigenvalue weighted by Gasteiger charge is -2.05. The van der Waals surface area contributed by atoms with Gasteiger partial charge in [0, 0.05) is 5.57 Å². The summed E-state index contributed by atoms with van der Waals surface area (Å²) in [6.07, 6.45) is 3.79. The Labute approximate surface area is 95.3 Å². The van der Waals surface area contributed by atoms with Crippen LogP contribution in [0.25, 0.3) is 0 Å². The van der Waals surface area contributed by atoms with E-state index in [1.54, 1.807) is 19.1 Å². The summed E-state index contributed by atoms with van der Waals surface area (Å²) in [4.78, 5) is 21.5. The molecule has 0 amide bonds. The van der Waals surface area contributed by atoms with Crippen molar-refractivity contribution < 1.29 is 19.8 Å². The summed E-state index contributed by atoms with van der Waals surface area (Å²) < 4.78 is 0. The molecule has 1 atom stereocenters. The second-order valence-electron chi connectivity index (χ2n) is 3.40. The number of carboxylic acids is 2. The zero-order chi connectivity index (χ0) is 12.7. The predicted molar refractivity (Wildman–Crippen MR) is 61.2 cm³/mol. The molecule has 0 aromatic heterocycles. The summed E-state index contributed by atoms with van der Waals surface area (Å²) in [5.41, 5.74) is 1.08. The highest BCUT2D eigenvalue weighted by molar-refractivity contribution is 5.88. The van der Waals surface area contributed by atoms with Crippen LogP contribution in [-0.2, 0) is 9.59 Å². The molecular weight excluding hydrogens is 208 g/mol. The number of hydrogen-bond acceptors (Lipinski definition) is 2. The minimum atomic E-state index is -1.03. The van der Waals surface area contributed by atoms with E-state index in [4.69, 9.17) is 10.2 Å².